The number of ether oxygens (including phenoxy) is 1. The highest BCUT2D eigenvalue weighted by Gasteiger charge is 2.18. The molecule has 0 bridgehead atoms. The van der Waals surface area contributed by atoms with Crippen LogP contribution >= 0.6 is 23.1 Å². The number of fused-ring (bicyclic) bond motifs is 1. The third-order valence-electron chi connectivity index (χ3n) is 3.59. The van der Waals surface area contributed by atoms with Gasteiger partial charge in [-0.2, -0.15) is 0 Å². The summed E-state index contributed by atoms with van der Waals surface area (Å²) in [7, 11) is 1.64. The van der Waals surface area contributed by atoms with Gasteiger partial charge in [0.25, 0.3) is 0 Å². The van der Waals surface area contributed by atoms with E-state index in [1.807, 2.05) is 52.0 Å². The fraction of sp³-hybridized carbons (Fsp3) is 0.368. The summed E-state index contributed by atoms with van der Waals surface area (Å²) >= 11 is 2.93. The molecule has 8 heteroatoms. The monoisotopic (exact) mass is 402 g/mol. The number of hydrogen-bond donors (Lipinski definition) is 1. The van der Waals surface area contributed by atoms with Crippen molar-refractivity contribution in [2.75, 3.05) is 12.9 Å². The molecule has 0 radical (unpaired) electrons. The maximum absolute atomic E-state index is 12.1. The number of aryl methyl sites for hydroxylation is 1. The first-order chi connectivity index (χ1) is 12.8. The van der Waals surface area contributed by atoms with E-state index >= 15 is 0 Å². The molecule has 2 aromatic heterocycles. The molecule has 0 unspecified atom stereocenters. The minimum atomic E-state index is -0.258. The fourth-order valence-electron chi connectivity index (χ4n) is 2.57. The second kappa shape index (κ2) is 7.82. The molecule has 0 aliphatic heterocycles. The summed E-state index contributed by atoms with van der Waals surface area (Å²) < 4.78 is 6.28. The Balaban J connectivity index is 1.92. The molecule has 142 valence electrons. The molecule has 0 aliphatic rings. The number of hydrogen-bond acceptors (Lipinski definition) is 7. The summed E-state index contributed by atoms with van der Waals surface area (Å²) in [6, 6.07) is 7.73. The number of benzene rings is 1. The number of carbonyl (C=O) groups excluding carboxylic acids is 1. The van der Waals surface area contributed by atoms with Crippen molar-refractivity contribution in [3.63, 3.8) is 0 Å². The maximum atomic E-state index is 12.1. The van der Waals surface area contributed by atoms with Crippen molar-refractivity contribution in [1.29, 1.82) is 0 Å². The molecule has 1 aromatic carbocycles. The summed E-state index contributed by atoms with van der Waals surface area (Å²) in [6.45, 7) is 7.83. The van der Waals surface area contributed by atoms with E-state index in [0.717, 1.165) is 32.2 Å². The molecule has 0 atom stereocenters. The van der Waals surface area contributed by atoms with E-state index in [1.165, 1.54) is 11.8 Å². The number of carbonyl (C=O) groups is 1. The van der Waals surface area contributed by atoms with Gasteiger partial charge < -0.3 is 10.1 Å². The second-order valence-corrected chi connectivity index (χ2v) is 9.25. The van der Waals surface area contributed by atoms with Crippen LogP contribution in [0.25, 0.3) is 21.5 Å². The minimum absolute atomic E-state index is 0.0359. The smallest absolute Gasteiger partial charge is 0.230 e. The standard InChI is InChI=1S/C19H22N4O2S2/c1-11-20-16-17(27-11)15(12-7-6-8-13(9-12)25-5)22-23-18(16)26-10-14(24)21-19(2,3)4/h6-9H,10H2,1-5H3,(H,21,24). The van der Waals surface area contributed by atoms with Crippen molar-refractivity contribution >= 4 is 39.2 Å². The predicted molar refractivity (Wildman–Crippen MR) is 111 cm³/mol. The van der Waals surface area contributed by atoms with Crippen LogP contribution in [-0.4, -0.2) is 39.5 Å². The molecule has 2 heterocycles. The van der Waals surface area contributed by atoms with Gasteiger partial charge in [0.1, 0.15) is 22.0 Å². The fourth-order valence-corrected chi connectivity index (χ4v) is 4.28. The van der Waals surface area contributed by atoms with Crippen LogP contribution in [0.15, 0.2) is 29.3 Å². The molecule has 6 nitrogen and oxygen atoms in total. The van der Waals surface area contributed by atoms with Gasteiger partial charge in [0, 0.05) is 11.1 Å². The average molecular weight is 403 g/mol. The van der Waals surface area contributed by atoms with E-state index in [1.54, 1.807) is 18.4 Å². The molecule has 3 aromatic rings. The lowest BCUT2D eigenvalue weighted by Crippen LogP contribution is -2.41. The van der Waals surface area contributed by atoms with E-state index in [0.29, 0.717) is 5.03 Å². The third kappa shape index (κ3) is 4.75. The first-order valence-electron chi connectivity index (χ1n) is 8.49. The number of rotatable bonds is 5. The van der Waals surface area contributed by atoms with E-state index in [9.17, 15) is 4.79 Å². The van der Waals surface area contributed by atoms with Crippen molar-refractivity contribution in [1.82, 2.24) is 20.5 Å². The van der Waals surface area contributed by atoms with Gasteiger partial charge >= 0.3 is 0 Å². The Kier molecular flexibility index (Phi) is 5.67. The first-order valence-corrected chi connectivity index (χ1v) is 10.3. The van der Waals surface area contributed by atoms with Crippen molar-refractivity contribution in [2.45, 2.75) is 38.3 Å². The topological polar surface area (TPSA) is 77.0 Å². The van der Waals surface area contributed by atoms with E-state index in [-0.39, 0.29) is 17.2 Å². The van der Waals surface area contributed by atoms with Gasteiger partial charge in [-0.3, -0.25) is 4.79 Å². The van der Waals surface area contributed by atoms with Crippen LogP contribution < -0.4 is 10.1 Å². The third-order valence-corrected chi connectivity index (χ3v) is 5.52. The zero-order chi connectivity index (χ0) is 19.6. The molecule has 0 fully saturated rings. The SMILES string of the molecule is COc1cccc(-c2nnc(SCC(=O)NC(C)(C)C)c3nc(C)sc23)c1. The summed E-state index contributed by atoms with van der Waals surface area (Å²) in [5.74, 6) is 1.00. The van der Waals surface area contributed by atoms with Crippen LogP contribution in [0.2, 0.25) is 0 Å². The number of amides is 1. The van der Waals surface area contributed by atoms with Crippen LogP contribution in [0.5, 0.6) is 5.75 Å². The Bertz CT molecular complexity index is 979. The highest BCUT2D eigenvalue weighted by atomic mass is 32.2. The Morgan fingerprint density at radius 2 is 2.07 bits per heavy atom. The lowest BCUT2D eigenvalue weighted by molar-refractivity contribution is -0.119. The summed E-state index contributed by atoms with van der Waals surface area (Å²) in [6.07, 6.45) is 0. The molecular weight excluding hydrogens is 380 g/mol. The molecular formula is C19H22N4O2S2. The number of nitrogens with zero attached hydrogens (tertiary/aromatic N) is 3. The Hall–Kier alpha value is -2.19. The first kappa shape index (κ1) is 19.6. The maximum Gasteiger partial charge on any atom is 0.230 e. The van der Waals surface area contributed by atoms with Gasteiger partial charge in [0.2, 0.25) is 5.91 Å². The second-order valence-electron chi connectivity index (χ2n) is 7.08. The van der Waals surface area contributed by atoms with Gasteiger partial charge in [-0.25, -0.2) is 4.98 Å². The Morgan fingerprint density at radius 3 is 2.78 bits per heavy atom. The average Bonchev–Trinajstić information content (AvgIpc) is 2.99. The van der Waals surface area contributed by atoms with Crippen LogP contribution in [-0.2, 0) is 4.79 Å². The van der Waals surface area contributed by atoms with Gasteiger partial charge in [-0.1, -0.05) is 23.9 Å². The van der Waals surface area contributed by atoms with Gasteiger partial charge in [0.05, 0.1) is 22.6 Å². The molecule has 0 saturated carbocycles. The summed E-state index contributed by atoms with van der Waals surface area (Å²) in [5.41, 5.74) is 2.24. The minimum Gasteiger partial charge on any atom is -0.497 e. The zero-order valence-corrected chi connectivity index (χ0v) is 17.6. The largest absolute Gasteiger partial charge is 0.497 e. The van der Waals surface area contributed by atoms with Crippen LogP contribution in [0.4, 0.5) is 0 Å². The quantitative estimate of drug-likeness (QED) is 0.648. The molecule has 0 saturated heterocycles. The molecule has 27 heavy (non-hydrogen) atoms. The van der Waals surface area contributed by atoms with Crippen LogP contribution in [0.3, 0.4) is 0 Å². The lowest BCUT2D eigenvalue weighted by Gasteiger charge is -2.20. The summed E-state index contributed by atoms with van der Waals surface area (Å²) in [4.78, 5) is 16.7. The molecule has 0 aliphatic carbocycles. The van der Waals surface area contributed by atoms with Crippen molar-refractivity contribution in [3.8, 4) is 17.0 Å². The van der Waals surface area contributed by atoms with E-state index in [2.05, 4.69) is 20.5 Å². The normalized spacial score (nSPS) is 11.6. The number of methoxy groups -OCH3 is 1. The zero-order valence-electron chi connectivity index (χ0n) is 16.0. The van der Waals surface area contributed by atoms with Crippen molar-refractivity contribution in [3.05, 3.63) is 29.3 Å². The van der Waals surface area contributed by atoms with E-state index < -0.39 is 0 Å². The predicted octanol–water partition coefficient (Wildman–Crippen LogP) is 4.08. The number of aromatic nitrogens is 3. The molecule has 1 amide bonds. The van der Waals surface area contributed by atoms with Crippen LogP contribution in [0, 0.1) is 6.92 Å². The van der Waals surface area contributed by atoms with Crippen molar-refractivity contribution in [2.24, 2.45) is 0 Å². The molecule has 3 rings (SSSR count). The summed E-state index contributed by atoms with van der Waals surface area (Å²) in [5, 5.41) is 13.3. The van der Waals surface area contributed by atoms with Gasteiger partial charge in [-0.15, -0.1) is 21.5 Å². The highest BCUT2D eigenvalue weighted by Crippen LogP contribution is 2.36. The lowest BCUT2D eigenvalue weighted by atomic mass is 10.1. The van der Waals surface area contributed by atoms with Gasteiger partial charge in [0.15, 0.2) is 0 Å². The molecule has 0 spiro atoms. The number of thioether (sulfide) groups is 1. The van der Waals surface area contributed by atoms with E-state index in [4.69, 9.17) is 4.74 Å². The Morgan fingerprint density at radius 1 is 1.30 bits per heavy atom. The number of nitrogens with one attached hydrogen (secondary N) is 1. The number of thiazole rings is 1. The highest BCUT2D eigenvalue weighted by molar-refractivity contribution is 8.00. The van der Waals surface area contributed by atoms with Crippen molar-refractivity contribution < 1.29 is 9.53 Å². The van der Waals surface area contributed by atoms with Crippen LogP contribution in [0.1, 0.15) is 25.8 Å². The molecule has 1 N–H and O–H groups in total. The Labute approximate surface area is 166 Å². The van der Waals surface area contributed by atoms with Gasteiger partial charge in [-0.05, 0) is 39.8 Å².